The second-order valence-corrected chi connectivity index (χ2v) is 31.0. The number of thiazole rings is 4. The number of methoxy groups -OCH3 is 5. The van der Waals surface area contributed by atoms with E-state index in [4.69, 9.17) is 56.0 Å². The summed E-state index contributed by atoms with van der Waals surface area (Å²) in [5, 5.41) is 28.6. The summed E-state index contributed by atoms with van der Waals surface area (Å²) in [6.45, 7) is 7.96. The number of pyridine rings is 4. The minimum atomic E-state index is -1.33. The van der Waals surface area contributed by atoms with Crippen molar-refractivity contribution in [2.45, 2.75) is 90.3 Å². The van der Waals surface area contributed by atoms with Crippen molar-refractivity contribution in [2.75, 3.05) is 108 Å². The number of nitrogens with zero attached hydrogens (tertiary/aromatic N) is 15. The Kier molecular flexibility index (Phi) is 31.3. The van der Waals surface area contributed by atoms with E-state index in [0.717, 1.165) is 168 Å². The number of nitrogen functional groups attached to an aromatic ring is 1. The standard InChI is InChI=1S/C19H19N5OS.C18H18N4O2S.C18H20N4S.C11H15N3O2.C7H4ClNS.C5H12O4.CH4.ClH/c1-25-18-21-15-6-4-10-20-17(15)24(18)13-8-11-23(12-9-13)19-22-14-5-2-3-7-16(14)26-19;23-22(24)16-5-3-9-19-15(16)12-13-7-10-21(11-8-13)18-20-14-4-1-2-6-17(14)25-18;19-14-4-3-9-20-16(14)12-13-7-10-22(11-8-13)18-21-15-5-1-2-6-17(15)23-18;15-14(16)11-2-1-5-13-10(11)8-9-3-6-12-7-4-9;8-7-9-5-3-1-2-4-6(5)10-7;1-6-5(7-2,8-3)9-4;;/h2-7,10,13H,8-9,11-12H2,1H3;1-6,9,13H,7-8,10-12H2;1-6,9,13H,7-8,10-12,19H2;1-2,5,9,12H,3-4,6-8H2;1-4H;1-4H3;1H4;1H. The molecule has 0 saturated carbocycles. The molecular weight excluding hydrogens is 1530 g/mol. The van der Waals surface area contributed by atoms with Crippen LogP contribution < -0.4 is 30.5 Å². The SMILES string of the molecule is C.COC(OC)(OC)OC.COc1nc2cccnc2n1C1CCN(c2nc3ccccc3s2)CC1.Cl.Clc1nc2ccccc2s1.Nc1cccnc1CC1CCN(c2nc3ccccc3s2)CC1.O=[N+]([O-])c1cccnc1CC1CCN(c2nc3ccccc3s2)CC1.O=[N+]([O-])c1cccnc1CC1CCNCC1. The van der Waals surface area contributed by atoms with Crippen molar-refractivity contribution in [1.82, 2.24) is 54.7 Å². The van der Waals surface area contributed by atoms with Crippen LogP contribution in [0.2, 0.25) is 4.47 Å². The number of anilines is 4. The fraction of sp³-hybridized carbons (Fsp3) is 0.380. The molecule has 32 heteroatoms. The fourth-order valence-corrected chi connectivity index (χ4v) is 17.8. The normalized spacial score (nSPS) is 15.0. The molecule has 0 unspecified atom stereocenters. The first-order chi connectivity index (χ1) is 53.2. The van der Waals surface area contributed by atoms with Crippen molar-refractivity contribution in [1.29, 1.82) is 0 Å². The fourth-order valence-electron chi connectivity index (χ4n) is 13.7. The topological polar surface area (TPSA) is 301 Å². The van der Waals surface area contributed by atoms with Gasteiger partial charge in [0.1, 0.15) is 16.9 Å². The van der Waals surface area contributed by atoms with Crippen molar-refractivity contribution in [3.63, 3.8) is 0 Å². The molecule has 13 heterocycles. The molecule has 0 bridgehead atoms. The molecule has 9 aromatic heterocycles. The molecule has 4 aliphatic rings. The zero-order valence-electron chi connectivity index (χ0n) is 61.8. The Labute approximate surface area is 672 Å². The number of fused-ring (bicyclic) bond motifs is 5. The van der Waals surface area contributed by atoms with E-state index < -0.39 is 6.16 Å². The zero-order chi connectivity index (χ0) is 76.1. The first-order valence-electron chi connectivity index (χ1n) is 36.2. The van der Waals surface area contributed by atoms with Gasteiger partial charge in [-0.05, 0) is 186 Å². The van der Waals surface area contributed by atoms with Crippen LogP contribution in [0.25, 0.3) is 52.0 Å². The molecule has 0 aliphatic carbocycles. The Bertz CT molecular complexity index is 4930. The van der Waals surface area contributed by atoms with Gasteiger partial charge in [0.05, 0.1) is 69.2 Å². The average molecular weight is 1620 g/mol. The van der Waals surface area contributed by atoms with Gasteiger partial charge in [-0.15, -0.1) is 23.7 Å². The molecule has 4 aliphatic heterocycles. The van der Waals surface area contributed by atoms with Gasteiger partial charge in [-0.25, -0.2) is 24.9 Å². The quantitative estimate of drug-likeness (QED) is 0.0486. The van der Waals surface area contributed by atoms with Crippen LogP contribution in [0.15, 0.2) is 170 Å². The van der Waals surface area contributed by atoms with Gasteiger partial charge in [-0.2, -0.15) is 4.98 Å². The first-order valence-corrected chi connectivity index (χ1v) is 39.8. The summed E-state index contributed by atoms with van der Waals surface area (Å²) in [4.78, 5) is 68.7. The Morgan fingerprint density at radius 3 is 1.23 bits per heavy atom. The van der Waals surface area contributed by atoms with Gasteiger partial charge < -0.3 is 49.4 Å². The highest BCUT2D eigenvalue weighted by atomic mass is 35.5. The molecule has 4 fully saturated rings. The number of piperidine rings is 4. The summed E-state index contributed by atoms with van der Waals surface area (Å²) in [7, 11) is 7.38. The van der Waals surface area contributed by atoms with Crippen molar-refractivity contribution in [2.24, 2.45) is 17.8 Å². The van der Waals surface area contributed by atoms with Crippen LogP contribution in [0, 0.1) is 38.0 Å². The van der Waals surface area contributed by atoms with E-state index in [1.807, 2.05) is 85.2 Å². The molecule has 111 heavy (non-hydrogen) atoms. The average Bonchev–Trinajstić information content (AvgIpc) is 1.64. The van der Waals surface area contributed by atoms with Crippen LogP contribution >= 0.6 is 69.4 Å². The number of para-hydroxylation sites is 4. The molecule has 0 radical (unpaired) electrons. The summed E-state index contributed by atoms with van der Waals surface area (Å²) in [6, 6.07) is 47.8. The Balaban J connectivity index is 0.000000146. The number of rotatable bonds is 17. The predicted molar refractivity (Wildman–Crippen MR) is 450 cm³/mol. The van der Waals surface area contributed by atoms with Gasteiger partial charge in [0, 0.05) is 111 Å². The molecule has 4 aromatic carbocycles. The number of benzene rings is 4. The first kappa shape index (κ1) is 84.1. The highest BCUT2D eigenvalue weighted by molar-refractivity contribution is 7.23. The van der Waals surface area contributed by atoms with Crippen LogP contribution in [0.1, 0.15) is 81.9 Å². The van der Waals surface area contributed by atoms with Crippen LogP contribution in [-0.4, -0.2) is 153 Å². The monoisotopic (exact) mass is 1620 g/mol. The highest BCUT2D eigenvalue weighted by Gasteiger charge is 2.31. The molecule has 4 saturated heterocycles. The molecule has 3 N–H and O–H groups in total. The molecule has 26 nitrogen and oxygen atoms in total. The third-order valence-electron chi connectivity index (χ3n) is 19.5. The lowest BCUT2D eigenvalue weighted by atomic mass is 9.92. The van der Waals surface area contributed by atoms with Crippen LogP contribution in [-0.2, 0) is 38.2 Å². The number of nitrogens with two attached hydrogens (primary N) is 1. The lowest BCUT2D eigenvalue weighted by molar-refractivity contribution is -0.472. The second-order valence-electron chi connectivity index (χ2n) is 26.3. The number of imidazole rings is 1. The second kappa shape index (κ2) is 41.3. The van der Waals surface area contributed by atoms with E-state index in [-0.39, 0.29) is 41.1 Å². The third kappa shape index (κ3) is 22.1. The number of aromatic nitrogens is 10. The largest absolute Gasteiger partial charge is 0.468 e. The van der Waals surface area contributed by atoms with Gasteiger partial charge in [-0.1, -0.05) is 102 Å². The summed E-state index contributed by atoms with van der Waals surface area (Å²) >= 11 is 12.5. The number of ether oxygens (including phenoxy) is 5. The molecule has 0 atom stereocenters. The van der Waals surface area contributed by atoms with Gasteiger partial charge >= 0.3 is 6.16 Å². The molecule has 17 rings (SSSR count). The lowest BCUT2D eigenvalue weighted by Crippen LogP contribution is -2.37. The Morgan fingerprint density at radius 1 is 0.468 bits per heavy atom. The van der Waals surface area contributed by atoms with Crippen LogP contribution in [0.3, 0.4) is 0 Å². The van der Waals surface area contributed by atoms with Crippen LogP contribution in [0.4, 0.5) is 32.5 Å². The predicted octanol–water partition coefficient (Wildman–Crippen LogP) is 17.4. The van der Waals surface area contributed by atoms with Crippen molar-refractivity contribution < 1.29 is 33.5 Å². The van der Waals surface area contributed by atoms with E-state index in [2.05, 4.69) is 103 Å². The van der Waals surface area contributed by atoms with E-state index >= 15 is 0 Å². The number of hydrogen-bond donors (Lipinski definition) is 2. The lowest BCUT2D eigenvalue weighted by Gasteiger charge is -2.32. The molecule has 0 amide bonds. The molecule has 0 spiro atoms. The Morgan fingerprint density at radius 2 is 0.829 bits per heavy atom. The van der Waals surface area contributed by atoms with E-state index in [1.165, 1.54) is 72.8 Å². The number of nitrogens with one attached hydrogen (secondary N) is 1. The van der Waals surface area contributed by atoms with Crippen molar-refractivity contribution in [3.05, 3.63) is 212 Å². The third-order valence-corrected chi connectivity index (χ3v) is 24.0. The summed E-state index contributed by atoms with van der Waals surface area (Å²) < 4.78 is 32.0. The van der Waals surface area contributed by atoms with Crippen molar-refractivity contribution >= 4 is 154 Å². The zero-order valence-corrected chi connectivity index (χ0v) is 66.6. The number of nitro groups is 2. The van der Waals surface area contributed by atoms with Crippen molar-refractivity contribution in [3.8, 4) is 6.01 Å². The van der Waals surface area contributed by atoms with Crippen LogP contribution in [0.5, 0.6) is 6.01 Å². The maximum Gasteiger partial charge on any atom is 0.411 e. The highest BCUT2D eigenvalue weighted by Crippen LogP contribution is 2.38. The van der Waals surface area contributed by atoms with Gasteiger partial charge in [-0.3, -0.25) is 39.7 Å². The Hall–Kier alpha value is -9.31. The van der Waals surface area contributed by atoms with Gasteiger partial charge in [0.15, 0.2) is 25.5 Å². The number of hydrogen-bond acceptors (Lipinski definition) is 27. The molecular formula is C79H93Cl2N17O9S4. The number of halogens is 2. The maximum absolute atomic E-state index is 11.1. The smallest absolute Gasteiger partial charge is 0.411 e. The molecule has 13 aromatic rings. The molecule has 586 valence electrons. The van der Waals surface area contributed by atoms with E-state index in [9.17, 15) is 20.2 Å². The van der Waals surface area contributed by atoms with Gasteiger partial charge in [0.25, 0.3) is 17.4 Å². The van der Waals surface area contributed by atoms with E-state index in [1.54, 1.807) is 71.7 Å². The summed E-state index contributed by atoms with van der Waals surface area (Å²) in [5.74, 6) is 1.62. The summed E-state index contributed by atoms with van der Waals surface area (Å²) in [5.41, 5.74) is 15.4. The maximum atomic E-state index is 11.1. The minimum absolute atomic E-state index is 0. The van der Waals surface area contributed by atoms with E-state index in [0.29, 0.717) is 52.1 Å². The van der Waals surface area contributed by atoms with Gasteiger partial charge in [0.2, 0.25) is 0 Å². The summed E-state index contributed by atoms with van der Waals surface area (Å²) in [6.07, 6.45) is 16.5. The minimum Gasteiger partial charge on any atom is -0.468 e.